The summed E-state index contributed by atoms with van der Waals surface area (Å²) in [6, 6.07) is 0.128. The Labute approximate surface area is 120 Å². The van der Waals surface area contributed by atoms with E-state index in [0.29, 0.717) is 18.4 Å². The number of fused-ring (bicyclic) bond motifs is 1. The number of piperidine rings is 1. The number of hydrogen-bond acceptors (Lipinski definition) is 2. The van der Waals surface area contributed by atoms with Gasteiger partial charge in [-0.1, -0.05) is 19.8 Å². The summed E-state index contributed by atoms with van der Waals surface area (Å²) >= 11 is 0. The fourth-order valence-electron chi connectivity index (χ4n) is 3.74. The molecule has 20 heavy (non-hydrogen) atoms. The number of urea groups is 1. The summed E-state index contributed by atoms with van der Waals surface area (Å²) < 4.78 is 0. The maximum Gasteiger partial charge on any atom is 0.329 e. The molecule has 2 amide bonds. The van der Waals surface area contributed by atoms with Crippen LogP contribution in [0.5, 0.6) is 0 Å². The van der Waals surface area contributed by atoms with Crippen LogP contribution in [0.25, 0.3) is 0 Å². The van der Waals surface area contributed by atoms with Crippen LogP contribution in [0.4, 0.5) is 4.79 Å². The van der Waals surface area contributed by atoms with Crippen molar-refractivity contribution in [2.75, 3.05) is 6.54 Å². The second-order valence-corrected chi connectivity index (χ2v) is 6.41. The van der Waals surface area contributed by atoms with E-state index in [1.165, 1.54) is 19.3 Å². The smallest absolute Gasteiger partial charge is 0.329 e. The van der Waals surface area contributed by atoms with Gasteiger partial charge in [-0.3, -0.25) is 0 Å². The van der Waals surface area contributed by atoms with Crippen LogP contribution in [-0.4, -0.2) is 40.1 Å². The summed E-state index contributed by atoms with van der Waals surface area (Å²) in [6.45, 7) is 4.29. The Morgan fingerprint density at radius 3 is 2.65 bits per heavy atom. The summed E-state index contributed by atoms with van der Waals surface area (Å²) in [5.74, 6) is -0.329. The van der Waals surface area contributed by atoms with Crippen molar-refractivity contribution < 1.29 is 14.7 Å². The zero-order valence-corrected chi connectivity index (χ0v) is 12.5. The van der Waals surface area contributed by atoms with Gasteiger partial charge in [-0.25, -0.2) is 9.59 Å². The number of hydrogen-bond donors (Lipinski definition) is 2. The highest BCUT2D eigenvalue weighted by Crippen LogP contribution is 2.36. The van der Waals surface area contributed by atoms with Gasteiger partial charge >= 0.3 is 12.0 Å². The van der Waals surface area contributed by atoms with Gasteiger partial charge in [-0.2, -0.15) is 0 Å². The third-order valence-electron chi connectivity index (χ3n) is 4.86. The van der Waals surface area contributed by atoms with Crippen LogP contribution in [0, 0.1) is 5.92 Å². The van der Waals surface area contributed by atoms with Gasteiger partial charge in [0.25, 0.3) is 0 Å². The predicted molar refractivity (Wildman–Crippen MR) is 76.5 cm³/mol. The first-order valence-corrected chi connectivity index (χ1v) is 7.80. The monoisotopic (exact) mass is 282 g/mol. The second kappa shape index (κ2) is 6.02. The number of carboxylic acid groups (broad SMARTS) is 1. The fraction of sp³-hybridized carbons (Fsp3) is 0.867. The number of rotatable bonds is 4. The third kappa shape index (κ3) is 2.91. The van der Waals surface area contributed by atoms with Crippen LogP contribution in [0.2, 0.25) is 0 Å². The lowest BCUT2D eigenvalue weighted by Gasteiger charge is -2.39. The molecule has 0 aromatic carbocycles. The number of nitrogens with zero attached hydrogens (tertiary/aromatic N) is 1. The Hall–Kier alpha value is -1.26. The largest absolute Gasteiger partial charge is 0.480 e. The van der Waals surface area contributed by atoms with Crippen LogP contribution in [0.3, 0.4) is 0 Å². The number of nitrogens with one attached hydrogen (secondary N) is 1. The van der Waals surface area contributed by atoms with E-state index in [1.54, 1.807) is 6.92 Å². The van der Waals surface area contributed by atoms with Gasteiger partial charge in [-0.15, -0.1) is 0 Å². The molecule has 2 aliphatic rings. The molecule has 1 heterocycles. The van der Waals surface area contributed by atoms with E-state index >= 15 is 0 Å². The SMILES string of the molecule is CCCC(C)(NC(=O)N1CCCC2CCCC21)C(=O)O. The van der Waals surface area contributed by atoms with Crippen molar-refractivity contribution in [1.82, 2.24) is 10.2 Å². The average Bonchev–Trinajstić information content (AvgIpc) is 2.86. The van der Waals surface area contributed by atoms with E-state index in [0.717, 1.165) is 25.8 Å². The Bertz CT molecular complexity index is 385. The highest BCUT2D eigenvalue weighted by molar-refractivity contribution is 5.86. The van der Waals surface area contributed by atoms with Crippen LogP contribution in [-0.2, 0) is 4.79 Å². The minimum atomic E-state index is -1.16. The molecule has 1 saturated carbocycles. The third-order valence-corrected chi connectivity index (χ3v) is 4.86. The zero-order chi connectivity index (χ0) is 14.8. The Morgan fingerprint density at radius 1 is 1.30 bits per heavy atom. The molecule has 2 N–H and O–H groups in total. The number of aliphatic carboxylic acids is 1. The average molecular weight is 282 g/mol. The maximum absolute atomic E-state index is 12.5. The van der Waals surface area contributed by atoms with Crippen LogP contribution >= 0.6 is 0 Å². The normalized spacial score (nSPS) is 28.6. The number of carbonyl (C=O) groups excluding carboxylic acids is 1. The van der Waals surface area contributed by atoms with Crippen molar-refractivity contribution >= 4 is 12.0 Å². The number of amides is 2. The molecule has 0 spiro atoms. The van der Waals surface area contributed by atoms with Crippen molar-refractivity contribution in [3.63, 3.8) is 0 Å². The molecule has 3 atom stereocenters. The van der Waals surface area contributed by atoms with Gasteiger partial charge in [0.05, 0.1) is 0 Å². The molecular weight excluding hydrogens is 256 g/mol. The molecule has 1 saturated heterocycles. The molecule has 114 valence electrons. The number of carbonyl (C=O) groups is 2. The van der Waals surface area contributed by atoms with Crippen LogP contribution < -0.4 is 5.32 Å². The van der Waals surface area contributed by atoms with Gasteiger partial charge < -0.3 is 15.3 Å². The van der Waals surface area contributed by atoms with E-state index in [-0.39, 0.29) is 6.03 Å². The van der Waals surface area contributed by atoms with E-state index < -0.39 is 11.5 Å². The van der Waals surface area contributed by atoms with E-state index in [2.05, 4.69) is 5.32 Å². The molecule has 1 aliphatic carbocycles. The first kappa shape index (κ1) is 15.1. The lowest BCUT2D eigenvalue weighted by molar-refractivity contribution is -0.144. The topological polar surface area (TPSA) is 69.6 Å². The van der Waals surface area contributed by atoms with Gasteiger partial charge in [-0.05, 0) is 44.9 Å². The molecule has 5 heteroatoms. The van der Waals surface area contributed by atoms with Crippen molar-refractivity contribution in [1.29, 1.82) is 0 Å². The van der Waals surface area contributed by atoms with Crippen molar-refractivity contribution in [2.45, 2.75) is 70.4 Å². The minimum Gasteiger partial charge on any atom is -0.480 e. The van der Waals surface area contributed by atoms with Crippen LogP contribution in [0.15, 0.2) is 0 Å². The second-order valence-electron chi connectivity index (χ2n) is 6.41. The number of likely N-dealkylation sites (tertiary alicyclic amines) is 1. The molecule has 5 nitrogen and oxygen atoms in total. The summed E-state index contributed by atoms with van der Waals surface area (Å²) in [6.07, 6.45) is 6.89. The first-order chi connectivity index (χ1) is 9.48. The molecule has 0 aromatic heterocycles. The lowest BCUT2D eigenvalue weighted by Crippen LogP contribution is -2.59. The zero-order valence-electron chi connectivity index (χ0n) is 12.5. The number of carboxylic acids is 1. The highest BCUT2D eigenvalue weighted by Gasteiger charge is 2.41. The van der Waals surface area contributed by atoms with Gasteiger partial charge in [0.1, 0.15) is 5.54 Å². The summed E-state index contributed by atoms with van der Waals surface area (Å²) in [7, 11) is 0. The van der Waals surface area contributed by atoms with E-state index in [9.17, 15) is 14.7 Å². The summed E-state index contributed by atoms with van der Waals surface area (Å²) in [4.78, 5) is 25.8. The van der Waals surface area contributed by atoms with Gasteiger partial charge in [0, 0.05) is 12.6 Å². The maximum atomic E-state index is 12.5. The van der Waals surface area contributed by atoms with E-state index in [4.69, 9.17) is 0 Å². The predicted octanol–water partition coefficient (Wildman–Crippen LogP) is 2.60. The molecule has 0 bridgehead atoms. The molecule has 3 unspecified atom stereocenters. The molecule has 2 rings (SSSR count). The van der Waals surface area contributed by atoms with Gasteiger partial charge in [0.2, 0.25) is 0 Å². The quantitative estimate of drug-likeness (QED) is 0.832. The Morgan fingerprint density at radius 2 is 2.00 bits per heavy atom. The molecule has 0 aromatic rings. The first-order valence-electron chi connectivity index (χ1n) is 7.80. The summed E-state index contributed by atoms with van der Waals surface area (Å²) in [5.41, 5.74) is -1.16. The Kier molecular flexibility index (Phi) is 4.55. The Balaban J connectivity index is 2.04. The molecule has 0 radical (unpaired) electrons. The van der Waals surface area contributed by atoms with E-state index in [1.807, 2.05) is 11.8 Å². The molecule has 2 fully saturated rings. The van der Waals surface area contributed by atoms with Crippen molar-refractivity contribution in [2.24, 2.45) is 5.92 Å². The molecular formula is C15H26N2O3. The lowest BCUT2D eigenvalue weighted by atomic mass is 9.92. The van der Waals surface area contributed by atoms with Crippen molar-refractivity contribution in [3.8, 4) is 0 Å². The standard InChI is InChI=1S/C15H26N2O3/c1-3-9-15(2,13(18)19)16-14(20)17-10-5-7-11-6-4-8-12(11)17/h11-12H,3-10H2,1-2H3,(H,16,20)(H,18,19). The highest BCUT2D eigenvalue weighted by atomic mass is 16.4. The fourth-order valence-corrected chi connectivity index (χ4v) is 3.74. The molecule has 1 aliphatic heterocycles. The minimum absolute atomic E-state index is 0.194. The summed E-state index contributed by atoms with van der Waals surface area (Å²) in [5, 5.41) is 12.1. The van der Waals surface area contributed by atoms with Crippen molar-refractivity contribution in [3.05, 3.63) is 0 Å². The van der Waals surface area contributed by atoms with Crippen LogP contribution in [0.1, 0.15) is 58.8 Å². The van der Waals surface area contributed by atoms with Gasteiger partial charge in [0.15, 0.2) is 0 Å².